The highest BCUT2D eigenvalue weighted by atomic mass is 19.1. The number of anilines is 1. The van der Waals surface area contributed by atoms with Crippen molar-refractivity contribution in [1.29, 1.82) is 0 Å². The minimum absolute atomic E-state index is 0.0809. The highest BCUT2D eigenvalue weighted by Crippen LogP contribution is 2.36. The number of halogens is 1. The zero-order valence-electron chi connectivity index (χ0n) is 18.1. The fourth-order valence-corrected chi connectivity index (χ4v) is 3.83. The highest BCUT2D eigenvalue weighted by molar-refractivity contribution is 5.81. The Morgan fingerprint density at radius 3 is 2.32 bits per heavy atom. The maximum absolute atomic E-state index is 13.4. The number of aromatic nitrogens is 1. The maximum Gasteiger partial charge on any atom is 0.232 e. The van der Waals surface area contributed by atoms with Gasteiger partial charge < -0.3 is 14.3 Å². The van der Waals surface area contributed by atoms with E-state index in [-0.39, 0.29) is 17.6 Å². The van der Waals surface area contributed by atoms with E-state index >= 15 is 0 Å². The zero-order chi connectivity index (χ0) is 21.8. The van der Waals surface area contributed by atoms with E-state index in [2.05, 4.69) is 23.9 Å². The van der Waals surface area contributed by atoms with Crippen molar-refractivity contribution in [3.63, 3.8) is 0 Å². The van der Waals surface area contributed by atoms with Crippen molar-refractivity contribution < 1.29 is 13.7 Å². The quantitative estimate of drug-likeness (QED) is 0.473. The Morgan fingerprint density at radius 2 is 1.71 bits per heavy atom. The van der Waals surface area contributed by atoms with Crippen LogP contribution < -0.4 is 4.90 Å². The second-order valence-electron chi connectivity index (χ2n) is 7.95. The molecule has 31 heavy (non-hydrogen) atoms. The van der Waals surface area contributed by atoms with Gasteiger partial charge in [-0.15, -0.1) is 0 Å². The van der Waals surface area contributed by atoms with Gasteiger partial charge in [0.05, 0.1) is 12.1 Å². The fourth-order valence-electron chi connectivity index (χ4n) is 3.83. The van der Waals surface area contributed by atoms with Crippen molar-refractivity contribution in [2.24, 2.45) is 5.92 Å². The smallest absolute Gasteiger partial charge is 0.232 e. The predicted molar refractivity (Wildman–Crippen MR) is 119 cm³/mol. The van der Waals surface area contributed by atoms with Crippen LogP contribution in [-0.2, 0) is 17.9 Å². The van der Waals surface area contributed by atoms with Crippen LogP contribution in [0.25, 0.3) is 11.3 Å². The monoisotopic (exact) mass is 421 g/mol. The Hall–Kier alpha value is -3.15. The summed E-state index contributed by atoms with van der Waals surface area (Å²) in [5, 5.41) is 4.39. The number of hydrogen-bond donors (Lipinski definition) is 0. The van der Waals surface area contributed by atoms with Gasteiger partial charge in [-0.05, 0) is 44.4 Å². The molecule has 0 spiro atoms. The number of hydrogen-bond acceptors (Lipinski definition) is 4. The fraction of sp³-hybridized carbons (Fsp3) is 0.360. The summed E-state index contributed by atoms with van der Waals surface area (Å²) >= 11 is 0. The molecule has 2 aromatic carbocycles. The first-order chi connectivity index (χ1) is 15.1. The average molecular weight is 422 g/mol. The number of carbonyl (C=O) groups is 1. The third-order valence-electron chi connectivity index (χ3n) is 5.74. The van der Waals surface area contributed by atoms with Gasteiger partial charge >= 0.3 is 0 Å². The zero-order valence-corrected chi connectivity index (χ0v) is 18.1. The molecule has 5 nitrogen and oxygen atoms in total. The second kappa shape index (κ2) is 9.33. The Balaban J connectivity index is 1.71. The molecule has 0 bridgehead atoms. The van der Waals surface area contributed by atoms with E-state index in [0.717, 1.165) is 48.3 Å². The van der Waals surface area contributed by atoms with Gasteiger partial charge in [-0.2, -0.15) is 0 Å². The molecule has 0 unspecified atom stereocenters. The van der Waals surface area contributed by atoms with Gasteiger partial charge in [0.2, 0.25) is 11.8 Å². The Morgan fingerprint density at radius 1 is 1.03 bits per heavy atom. The van der Waals surface area contributed by atoms with Crippen molar-refractivity contribution in [3.05, 3.63) is 71.5 Å². The molecule has 1 heterocycles. The molecule has 162 valence electrons. The topological polar surface area (TPSA) is 49.6 Å². The third-order valence-corrected chi connectivity index (χ3v) is 5.74. The standard InChI is InChI=1S/C25H28FN3O2/c1-3-28(4-2)25-22(23(27-31-25)19-8-6-5-7-9-19)17-29(24(30)20-12-13-20)16-18-10-14-21(26)15-11-18/h5-11,14-15,20H,3-4,12-13,16-17H2,1-2H3. The van der Waals surface area contributed by atoms with E-state index < -0.39 is 0 Å². The molecular formula is C25H28FN3O2. The third kappa shape index (κ3) is 4.79. The molecule has 3 aromatic rings. The van der Waals surface area contributed by atoms with Gasteiger partial charge in [0.25, 0.3) is 0 Å². The average Bonchev–Trinajstić information content (AvgIpc) is 3.57. The van der Waals surface area contributed by atoms with Crippen LogP contribution in [0.1, 0.15) is 37.8 Å². The van der Waals surface area contributed by atoms with Gasteiger partial charge in [0.1, 0.15) is 11.5 Å². The molecule has 0 saturated heterocycles. The van der Waals surface area contributed by atoms with Crippen LogP contribution in [0.5, 0.6) is 0 Å². The lowest BCUT2D eigenvalue weighted by atomic mass is 10.1. The van der Waals surface area contributed by atoms with E-state index in [1.807, 2.05) is 35.2 Å². The van der Waals surface area contributed by atoms with Crippen LogP contribution in [-0.4, -0.2) is 29.1 Å². The van der Waals surface area contributed by atoms with E-state index in [1.165, 1.54) is 12.1 Å². The van der Waals surface area contributed by atoms with Crippen LogP contribution in [0.3, 0.4) is 0 Å². The lowest BCUT2D eigenvalue weighted by Gasteiger charge is -2.25. The van der Waals surface area contributed by atoms with Gasteiger partial charge in [-0.25, -0.2) is 4.39 Å². The molecule has 1 saturated carbocycles. The van der Waals surface area contributed by atoms with E-state index in [4.69, 9.17) is 4.52 Å². The molecule has 1 amide bonds. The molecule has 4 rings (SSSR count). The van der Waals surface area contributed by atoms with E-state index in [9.17, 15) is 9.18 Å². The minimum Gasteiger partial charge on any atom is -0.341 e. The largest absolute Gasteiger partial charge is 0.341 e. The summed E-state index contributed by atoms with van der Waals surface area (Å²) in [5.74, 6) is 0.641. The Bertz CT molecular complexity index is 1010. The number of rotatable bonds is 9. The van der Waals surface area contributed by atoms with Crippen LogP contribution >= 0.6 is 0 Å². The number of carbonyl (C=O) groups excluding carboxylic acids is 1. The molecule has 0 atom stereocenters. The molecule has 1 aliphatic rings. The molecule has 6 heteroatoms. The Kier molecular flexibility index (Phi) is 6.35. The summed E-state index contributed by atoms with van der Waals surface area (Å²) in [6.07, 6.45) is 1.85. The summed E-state index contributed by atoms with van der Waals surface area (Å²) in [4.78, 5) is 17.1. The normalized spacial score (nSPS) is 13.3. The van der Waals surface area contributed by atoms with Crippen molar-refractivity contribution in [2.75, 3.05) is 18.0 Å². The summed E-state index contributed by atoms with van der Waals surface area (Å²) in [5.41, 5.74) is 3.53. The van der Waals surface area contributed by atoms with Gasteiger partial charge in [0, 0.05) is 31.1 Å². The van der Waals surface area contributed by atoms with Crippen molar-refractivity contribution in [3.8, 4) is 11.3 Å². The van der Waals surface area contributed by atoms with Crippen molar-refractivity contribution in [2.45, 2.75) is 39.8 Å². The molecule has 1 aromatic heterocycles. The maximum atomic E-state index is 13.4. The number of amides is 1. The van der Waals surface area contributed by atoms with Gasteiger partial charge in [0.15, 0.2) is 0 Å². The minimum atomic E-state index is -0.280. The molecular weight excluding hydrogens is 393 g/mol. The van der Waals surface area contributed by atoms with Crippen LogP contribution in [0.15, 0.2) is 59.1 Å². The second-order valence-corrected chi connectivity index (χ2v) is 7.95. The van der Waals surface area contributed by atoms with Crippen molar-refractivity contribution in [1.82, 2.24) is 10.1 Å². The molecule has 0 aliphatic heterocycles. The molecule has 1 fully saturated rings. The summed E-state index contributed by atoms with van der Waals surface area (Å²) in [7, 11) is 0. The SMILES string of the molecule is CCN(CC)c1onc(-c2ccccc2)c1CN(Cc1ccc(F)cc1)C(=O)C1CC1. The van der Waals surface area contributed by atoms with E-state index in [1.54, 1.807) is 12.1 Å². The predicted octanol–water partition coefficient (Wildman–Crippen LogP) is 5.27. The van der Waals surface area contributed by atoms with Crippen LogP contribution in [0.2, 0.25) is 0 Å². The molecule has 1 aliphatic carbocycles. The lowest BCUT2D eigenvalue weighted by Crippen LogP contribution is -2.32. The highest BCUT2D eigenvalue weighted by Gasteiger charge is 2.35. The summed E-state index contributed by atoms with van der Waals surface area (Å²) in [6.45, 7) is 6.52. The van der Waals surface area contributed by atoms with Gasteiger partial charge in [-0.1, -0.05) is 47.6 Å². The summed E-state index contributed by atoms with van der Waals surface area (Å²) in [6, 6.07) is 16.2. The lowest BCUT2D eigenvalue weighted by molar-refractivity contribution is -0.133. The Labute approximate surface area is 182 Å². The number of nitrogens with zero attached hydrogens (tertiary/aromatic N) is 3. The first-order valence-electron chi connectivity index (χ1n) is 10.9. The van der Waals surface area contributed by atoms with Crippen LogP contribution in [0.4, 0.5) is 10.3 Å². The van der Waals surface area contributed by atoms with E-state index in [0.29, 0.717) is 19.0 Å². The molecule has 0 N–H and O–H groups in total. The summed E-state index contributed by atoms with van der Waals surface area (Å²) < 4.78 is 19.2. The first kappa shape index (κ1) is 21.1. The molecule has 0 radical (unpaired) electrons. The number of benzene rings is 2. The van der Waals surface area contributed by atoms with Crippen LogP contribution in [0, 0.1) is 11.7 Å². The van der Waals surface area contributed by atoms with Gasteiger partial charge in [-0.3, -0.25) is 4.79 Å². The van der Waals surface area contributed by atoms with Crippen molar-refractivity contribution >= 4 is 11.8 Å². The first-order valence-corrected chi connectivity index (χ1v) is 10.9.